The Morgan fingerprint density at radius 2 is 2.20 bits per heavy atom. The predicted octanol–water partition coefficient (Wildman–Crippen LogP) is 1.04. The second-order valence-electron chi connectivity index (χ2n) is 2.59. The normalized spacial score (nSPS) is 35.8. The Balaban J connectivity index is 2.29. The van der Waals surface area contributed by atoms with Crippen LogP contribution in [0.5, 0.6) is 0 Å². The molecule has 2 atom stereocenters. The molecule has 0 N–H and O–H groups in total. The third-order valence-electron chi connectivity index (χ3n) is 1.84. The lowest BCUT2D eigenvalue weighted by Crippen LogP contribution is -2.05. The minimum Gasteiger partial charge on any atom is -0.458 e. The van der Waals surface area contributed by atoms with Crippen molar-refractivity contribution in [1.29, 1.82) is 0 Å². The molecule has 0 aromatic heterocycles. The number of ether oxygens (including phenoxy) is 1. The van der Waals surface area contributed by atoms with Gasteiger partial charge in [0.2, 0.25) is 0 Å². The molecule has 0 radical (unpaired) electrons. The molecule has 2 nitrogen and oxygen atoms in total. The molecule has 0 aromatic carbocycles. The van der Waals surface area contributed by atoms with Crippen molar-refractivity contribution in [2.45, 2.75) is 12.5 Å². The highest BCUT2D eigenvalue weighted by Crippen LogP contribution is 2.24. The van der Waals surface area contributed by atoms with E-state index in [1.165, 1.54) is 0 Å². The predicted molar refractivity (Wildman–Crippen MR) is 36.3 cm³/mol. The molecule has 1 heterocycles. The van der Waals surface area contributed by atoms with Gasteiger partial charge in [0.1, 0.15) is 6.10 Å². The molecule has 0 saturated carbocycles. The molecule has 2 heteroatoms. The number of esters is 1. The topological polar surface area (TPSA) is 26.3 Å². The van der Waals surface area contributed by atoms with Gasteiger partial charge in [-0.3, -0.25) is 4.79 Å². The molecular formula is C8H8O2. The first-order valence-electron chi connectivity index (χ1n) is 3.42. The summed E-state index contributed by atoms with van der Waals surface area (Å²) in [5, 5.41) is 0. The van der Waals surface area contributed by atoms with Crippen molar-refractivity contribution < 1.29 is 9.53 Å². The molecule has 2 rings (SSSR count). The molecular weight excluding hydrogens is 128 g/mol. The van der Waals surface area contributed by atoms with Gasteiger partial charge in [-0.05, 0) is 6.08 Å². The van der Waals surface area contributed by atoms with Gasteiger partial charge in [0.25, 0.3) is 0 Å². The summed E-state index contributed by atoms with van der Waals surface area (Å²) < 4.78 is 4.99. The minimum absolute atomic E-state index is 0.0139. The number of carbonyl (C=O) groups is 1. The molecule has 2 aliphatic rings. The fourth-order valence-corrected chi connectivity index (χ4v) is 1.29. The van der Waals surface area contributed by atoms with Crippen molar-refractivity contribution in [1.82, 2.24) is 0 Å². The average molecular weight is 136 g/mol. The van der Waals surface area contributed by atoms with Crippen LogP contribution in [0.2, 0.25) is 0 Å². The van der Waals surface area contributed by atoms with Gasteiger partial charge in [-0.15, -0.1) is 0 Å². The number of hydrogen-bond donors (Lipinski definition) is 0. The molecule has 1 aliphatic carbocycles. The highest BCUT2D eigenvalue weighted by Gasteiger charge is 2.31. The highest BCUT2D eigenvalue weighted by atomic mass is 16.5. The zero-order valence-electron chi connectivity index (χ0n) is 5.49. The summed E-state index contributed by atoms with van der Waals surface area (Å²) >= 11 is 0. The second kappa shape index (κ2) is 1.97. The van der Waals surface area contributed by atoms with Gasteiger partial charge in [-0.1, -0.05) is 18.2 Å². The maximum atomic E-state index is 10.9. The molecule has 0 amide bonds. The summed E-state index contributed by atoms with van der Waals surface area (Å²) in [6.45, 7) is 0. The van der Waals surface area contributed by atoms with Crippen LogP contribution in [-0.4, -0.2) is 12.1 Å². The number of fused-ring (bicyclic) bond motifs is 2. The Labute approximate surface area is 59.2 Å². The zero-order valence-corrected chi connectivity index (χ0v) is 5.49. The quantitative estimate of drug-likeness (QED) is 0.465. The summed E-state index contributed by atoms with van der Waals surface area (Å²) in [6.07, 6.45) is 8.51. The Kier molecular flexibility index (Phi) is 1.13. The third-order valence-corrected chi connectivity index (χ3v) is 1.84. The molecule has 1 fully saturated rings. The van der Waals surface area contributed by atoms with Crippen LogP contribution in [0.4, 0.5) is 0 Å². The van der Waals surface area contributed by atoms with Crippen molar-refractivity contribution >= 4 is 5.97 Å². The van der Waals surface area contributed by atoms with Crippen LogP contribution >= 0.6 is 0 Å². The molecule has 2 bridgehead atoms. The van der Waals surface area contributed by atoms with Crippen LogP contribution in [0.15, 0.2) is 24.3 Å². The number of allylic oxidation sites excluding steroid dienone is 2. The van der Waals surface area contributed by atoms with Gasteiger partial charge in [-0.25, -0.2) is 0 Å². The standard InChI is InChI=1S/C8H8O2/c9-8-6-3-1-2-4-7(5-6)10-8/h1-4,6-7H,5H2/t6-,7+/m1/s1. The molecule has 10 heavy (non-hydrogen) atoms. The van der Waals surface area contributed by atoms with E-state index in [4.69, 9.17) is 4.74 Å². The lowest BCUT2D eigenvalue weighted by molar-refractivity contribution is -0.142. The molecule has 52 valence electrons. The van der Waals surface area contributed by atoms with Crippen molar-refractivity contribution in [3.05, 3.63) is 24.3 Å². The Bertz CT molecular complexity index is 215. The summed E-state index contributed by atoms with van der Waals surface area (Å²) in [5.74, 6) is -0.0643. The summed E-state index contributed by atoms with van der Waals surface area (Å²) in [5.41, 5.74) is 0. The van der Waals surface area contributed by atoms with E-state index in [2.05, 4.69) is 0 Å². The van der Waals surface area contributed by atoms with E-state index in [1.807, 2.05) is 24.3 Å². The van der Waals surface area contributed by atoms with Crippen LogP contribution in [0.1, 0.15) is 6.42 Å². The van der Waals surface area contributed by atoms with Crippen molar-refractivity contribution in [3.8, 4) is 0 Å². The minimum atomic E-state index is -0.0781. The Morgan fingerprint density at radius 3 is 3.10 bits per heavy atom. The lowest BCUT2D eigenvalue weighted by atomic mass is 10.1. The van der Waals surface area contributed by atoms with E-state index in [0.29, 0.717) is 0 Å². The van der Waals surface area contributed by atoms with Gasteiger partial charge in [0, 0.05) is 6.42 Å². The molecule has 0 aromatic rings. The van der Waals surface area contributed by atoms with Gasteiger partial charge in [-0.2, -0.15) is 0 Å². The average Bonchev–Trinajstić information content (AvgIpc) is 2.18. The van der Waals surface area contributed by atoms with Crippen molar-refractivity contribution in [2.24, 2.45) is 5.92 Å². The van der Waals surface area contributed by atoms with E-state index >= 15 is 0 Å². The van der Waals surface area contributed by atoms with E-state index in [1.54, 1.807) is 0 Å². The number of carbonyl (C=O) groups excluding carboxylic acids is 1. The lowest BCUT2D eigenvalue weighted by Gasteiger charge is -1.99. The van der Waals surface area contributed by atoms with Gasteiger partial charge >= 0.3 is 5.97 Å². The fraction of sp³-hybridized carbons (Fsp3) is 0.375. The third kappa shape index (κ3) is 0.764. The second-order valence-corrected chi connectivity index (χ2v) is 2.59. The Morgan fingerprint density at radius 1 is 1.40 bits per heavy atom. The van der Waals surface area contributed by atoms with Crippen LogP contribution in [-0.2, 0) is 9.53 Å². The van der Waals surface area contributed by atoms with Crippen LogP contribution < -0.4 is 0 Å². The molecule has 1 aliphatic heterocycles. The summed E-state index contributed by atoms with van der Waals surface area (Å²) in [4.78, 5) is 10.9. The zero-order chi connectivity index (χ0) is 6.97. The van der Waals surface area contributed by atoms with Gasteiger partial charge in [0.15, 0.2) is 0 Å². The largest absolute Gasteiger partial charge is 0.458 e. The van der Waals surface area contributed by atoms with Gasteiger partial charge in [0.05, 0.1) is 5.92 Å². The summed E-state index contributed by atoms with van der Waals surface area (Å²) in [7, 11) is 0. The first-order chi connectivity index (χ1) is 4.86. The molecule has 0 spiro atoms. The summed E-state index contributed by atoms with van der Waals surface area (Å²) in [6, 6.07) is 0. The van der Waals surface area contributed by atoms with E-state index in [0.717, 1.165) is 6.42 Å². The monoisotopic (exact) mass is 136 g/mol. The highest BCUT2D eigenvalue weighted by molar-refractivity contribution is 5.77. The Hall–Kier alpha value is -1.05. The van der Waals surface area contributed by atoms with E-state index < -0.39 is 0 Å². The smallest absolute Gasteiger partial charge is 0.313 e. The van der Waals surface area contributed by atoms with Crippen molar-refractivity contribution in [3.63, 3.8) is 0 Å². The fourth-order valence-electron chi connectivity index (χ4n) is 1.29. The molecule has 0 unspecified atom stereocenters. The maximum Gasteiger partial charge on any atom is 0.313 e. The van der Waals surface area contributed by atoms with Crippen LogP contribution in [0, 0.1) is 5.92 Å². The van der Waals surface area contributed by atoms with E-state index in [9.17, 15) is 4.79 Å². The number of rotatable bonds is 0. The number of hydrogen-bond acceptors (Lipinski definition) is 2. The van der Waals surface area contributed by atoms with Crippen molar-refractivity contribution in [2.75, 3.05) is 0 Å². The first kappa shape index (κ1) is 5.71. The SMILES string of the molecule is O=C1O[C@H]2C=CC=C[C@@H]1C2. The van der Waals surface area contributed by atoms with E-state index in [-0.39, 0.29) is 18.0 Å². The van der Waals surface area contributed by atoms with Gasteiger partial charge < -0.3 is 4.74 Å². The molecule has 1 saturated heterocycles. The first-order valence-corrected chi connectivity index (χ1v) is 3.42. The van der Waals surface area contributed by atoms with Crippen LogP contribution in [0.3, 0.4) is 0 Å². The van der Waals surface area contributed by atoms with Crippen LogP contribution in [0.25, 0.3) is 0 Å². The maximum absolute atomic E-state index is 10.9.